The Bertz CT molecular complexity index is 1110. The predicted octanol–water partition coefficient (Wildman–Crippen LogP) is 2.60. The van der Waals surface area contributed by atoms with E-state index in [2.05, 4.69) is 12.1 Å². The summed E-state index contributed by atoms with van der Waals surface area (Å²) in [6, 6.07) is 13.1. The van der Waals surface area contributed by atoms with Crippen molar-refractivity contribution in [3.8, 4) is 12.1 Å². The maximum Gasteiger partial charge on any atom is 0.256 e. The molecule has 0 radical (unpaired) electrons. The van der Waals surface area contributed by atoms with Crippen molar-refractivity contribution >= 4 is 11.8 Å². The van der Waals surface area contributed by atoms with Crippen molar-refractivity contribution in [2.75, 3.05) is 7.05 Å². The second kappa shape index (κ2) is 6.51. The van der Waals surface area contributed by atoms with E-state index in [-0.39, 0.29) is 17.9 Å². The molecule has 2 aliphatic heterocycles. The molecular weight excluding hydrogens is 352 g/mol. The van der Waals surface area contributed by atoms with Gasteiger partial charge in [0.25, 0.3) is 11.8 Å². The highest BCUT2D eigenvalue weighted by Crippen LogP contribution is 2.31. The van der Waals surface area contributed by atoms with E-state index in [0.29, 0.717) is 41.8 Å². The summed E-state index contributed by atoms with van der Waals surface area (Å²) in [5.74, 6) is -0.213. The van der Waals surface area contributed by atoms with Gasteiger partial charge in [-0.2, -0.15) is 10.5 Å². The normalized spacial score (nSPS) is 15.9. The van der Waals surface area contributed by atoms with Crippen LogP contribution in [0.3, 0.4) is 0 Å². The van der Waals surface area contributed by atoms with Crippen molar-refractivity contribution < 1.29 is 9.59 Å². The molecular formula is C22H18N4O2. The number of nitriles is 2. The minimum Gasteiger partial charge on any atom is -0.337 e. The smallest absolute Gasteiger partial charge is 0.256 e. The van der Waals surface area contributed by atoms with Gasteiger partial charge in [0.2, 0.25) is 0 Å². The fourth-order valence-electron chi connectivity index (χ4n) is 4.15. The number of amides is 2. The lowest BCUT2D eigenvalue weighted by molar-refractivity contribution is 0.0716. The van der Waals surface area contributed by atoms with Crippen molar-refractivity contribution in [1.82, 2.24) is 9.80 Å². The lowest BCUT2D eigenvalue weighted by Gasteiger charge is -2.25. The molecule has 4 rings (SSSR count). The van der Waals surface area contributed by atoms with Gasteiger partial charge in [0.05, 0.1) is 28.8 Å². The number of hydrogen-bond donors (Lipinski definition) is 0. The number of rotatable bonds is 3. The van der Waals surface area contributed by atoms with Crippen LogP contribution in [0.1, 0.15) is 55.5 Å². The number of fused-ring (bicyclic) bond motifs is 2. The molecule has 2 aromatic rings. The Hall–Kier alpha value is -3.64. The lowest BCUT2D eigenvalue weighted by Crippen LogP contribution is -2.35. The highest BCUT2D eigenvalue weighted by atomic mass is 16.2. The highest BCUT2D eigenvalue weighted by molar-refractivity contribution is 6.01. The van der Waals surface area contributed by atoms with Crippen molar-refractivity contribution in [1.29, 1.82) is 10.5 Å². The molecule has 0 aromatic heterocycles. The van der Waals surface area contributed by atoms with Crippen LogP contribution in [0.25, 0.3) is 0 Å². The molecule has 2 heterocycles. The van der Waals surface area contributed by atoms with E-state index >= 15 is 0 Å². The number of nitrogens with zero attached hydrogens (tertiary/aromatic N) is 4. The molecule has 1 atom stereocenters. The largest absolute Gasteiger partial charge is 0.337 e. The Morgan fingerprint density at radius 2 is 1.86 bits per heavy atom. The summed E-state index contributed by atoms with van der Waals surface area (Å²) in [6.45, 7) is 2.83. The zero-order valence-electron chi connectivity index (χ0n) is 15.7. The van der Waals surface area contributed by atoms with Crippen molar-refractivity contribution in [3.05, 3.63) is 69.3 Å². The first-order valence-electron chi connectivity index (χ1n) is 9.09. The van der Waals surface area contributed by atoms with E-state index in [1.165, 1.54) is 0 Å². The van der Waals surface area contributed by atoms with Crippen molar-refractivity contribution in [3.63, 3.8) is 0 Å². The molecule has 2 amide bonds. The summed E-state index contributed by atoms with van der Waals surface area (Å²) in [5, 5.41) is 19.0. The van der Waals surface area contributed by atoms with E-state index in [1.54, 1.807) is 35.0 Å². The molecule has 2 aromatic carbocycles. The molecule has 6 heteroatoms. The van der Waals surface area contributed by atoms with Gasteiger partial charge in [-0.15, -0.1) is 0 Å². The maximum atomic E-state index is 12.9. The van der Waals surface area contributed by atoms with Gasteiger partial charge in [-0.1, -0.05) is 18.2 Å². The molecule has 28 heavy (non-hydrogen) atoms. The van der Waals surface area contributed by atoms with Gasteiger partial charge >= 0.3 is 0 Å². The third-order valence-electron chi connectivity index (χ3n) is 5.62. The topological polar surface area (TPSA) is 88.2 Å². The third kappa shape index (κ3) is 2.54. The molecule has 138 valence electrons. The zero-order chi connectivity index (χ0) is 20.0. The first-order chi connectivity index (χ1) is 13.5. The molecule has 0 fully saturated rings. The summed E-state index contributed by atoms with van der Waals surface area (Å²) in [4.78, 5) is 28.4. The number of carbonyl (C=O) groups excluding carboxylic acids is 2. The van der Waals surface area contributed by atoms with Gasteiger partial charge in [-0.25, -0.2) is 0 Å². The molecule has 0 N–H and O–H groups in total. The van der Waals surface area contributed by atoms with Crippen LogP contribution >= 0.6 is 0 Å². The minimum atomic E-state index is -0.147. The average molecular weight is 370 g/mol. The van der Waals surface area contributed by atoms with E-state index in [1.807, 2.05) is 19.1 Å². The molecule has 0 aliphatic carbocycles. The number of benzene rings is 2. The van der Waals surface area contributed by atoms with Crippen LogP contribution in [0.4, 0.5) is 0 Å². The molecule has 0 saturated heterocycles. The van der Waals surface area contributed by atoms with E-state index < -0.39 is 0 Å². The highest BCUT2D eigenvalue weighted by Gasteiger charge is 2.34. The Balaban J connectivity index is 1.63. The second-order valence-electron chi connectivity index (χ2n) is 7.34. The van der Waals surface area contributed by atoms with Crippen LogP contribution in [-0.2, 0) is 19.5 Å². The third-order valence-corrected chi connectivity index (χ3v) is 5.62. The van der Waals surface area contributed by atoms with Gasteiger partial charge in [0.15, 0.2) is 0 Å². The van der Waals surface area contributed by atoms with Crippen LogP contribution in [0.15, 0.2) is 30.3 Å². The summed E-state index contributed by atoms with van der Waals surface area (Å²) in [7, 11) is 1.72. The quantitative estimate of drug-likeness (QED) is 0.831. The van der Waals surface area contributed by atoms with Crippen LogP contribution in [0.5, 0.6) is 0 Å². The first-order valence-corrected chi connectivity index (χ1v) is 9.09. The summed E-state index contributed by atoms with van der Waals surface area (Å²) in [5.41, 5.74) is 4.46. The van der Waals surface area contributed by atoms with Gasteiger partial charge in [0, 0.05) is 37.3 Å². The molecule has 1 unspecified atom stereocenters. The maximum absolute atomic E-state index is 12.9. The minimum absolute atomic E-state index is 0.0692. The molecule has 6 nitrogen and oxygen atoms in total. The van der Waals surface area contributed by atoms with Crippen LogP contribution < -0.4 is 0 Å². The summed E-state index contributed by atoms with van der Waals surface area (Å²) >= 11 is 0. The van der Waals surface area contributed by atoms with Crippen LogP contribution in [0, 0.1) is 22.7 Å². The van der Waals surface area contributed by atoms with Crippen molar-refractivity contribution in [2.24, 2.45) is 0 Å². The fraction of sp³-hybridized carbons (Fsp3) is 0.273. The van der Waals surface area contributed by atoms with E-state index in [9.17, 15) is 20.1 Å². The van der Waals surface area contributed by atoms with Crippen LogP contribution in [0.2, 0.25) is 0 Å². The second-order valence-corrected chi connectivity index (χ2v) is 7.34. The summed E-state index contributed by atoms with van der Waals surface area (Å²) in [6.07, 6.45) is 0.510. The molecule has 2 aliphatic rings. The first kappa shape index (κ1) is 17.8. The Morgan fingerprint density at radius 3 is 2.57 bits per heavy atom. The Kier molecular flexibility index (Phi) is 4.13. The zero-order valence-corrected chi connectivity index (χ0v) is 15.7. The fourth-order valence-corrected chi connectivity index (χ4v) is 4.15. The Labute approximate surface area is 163 Å². The van der Waals surface area contributed by atoms with Crippen molar-refractivity contribution in [2.45, 2.75) is 32.5 Å². The van der Waals surface area contributed by atoms with Gasteiger partial charge < -0.3 is 9.80 Å². The molecule has 0 saturated carbocycles. The van der Waals surface area contributed by atoms with E-state index in [4.69, 9.17) is 0 Å². The number of carbonyl (C=O) groups is 2. The predicted molar refractivity (Wildman–Crippen MR) is 101 cm³/mol. The van der Waals surface area contributed by atoms with Gasteiger partial charge in [-0.3, -0.25) is 9.59 Å². The molecule has 0 spiro atoms. The Morgan fingerprint density at radius 1 is 1.07 bits per heavy atom. The number of hydrogen-bond acceptors (Lipinski definition) is 4. The van der Waals surface area contributed by atoms with Crippen LogP contribution in [-0.4, -0.2) is 34.7 Å². The monoisotopic (exact) mass is 370 g/mol. The van der Waals surface area contributed by atoms with Gasteiger partial charge in [-0.05, 0) is 36.6 Å². The SMILES string of the molecule is CC(Cc1ccc2c(c1C#N)CN(C)C2=O)N1Cc2cccc(C#N)c2C1=O. The summed E-state index contributed by atoms with van der Waals surface area (Å²) < 4.78 is 0. The average Bonchev–Trinajstić information content (AvgIpc) is 3.18. The van der Waals surface area contributed by atoms with E-state index in [0.717, 1.165) is 16.7 Å². The lowest BCUT2D eigenvalue weighted by atomic mass is 9.94. The molecule has 0 bridgehead atoms. The standard InChI is InChI=1S/C22H18N4O2/c1-13(26-11-16-5-3-4-15(9-23)20(16)22(26)28)8-14-6-7-17-19(18(14)10-24)12-25(2)21(17)27/h3-7,13H,8,11-12H2,1-2H3. The van der Waals surface area contributed by atoms with Gasteiger partial charge in [0.1, 0.15) is 0 Å².